The van der Waals surface area contributed by atoms with Gasteiger partial charge in [0.05, 0.1) is 0 Å². The maximum atomic E-state index is 11.8. The van der Waals surface area contributed by atoms with Crippen LogP contribution < -0.4 is 5.73 Å². The average molecular weight is 288 g/mol. The van der Waals surface area contributed by atoms with E-state index in [4.69, 9.17) is 5.73 Å². The molecule has 0 aromatic heterocycles. The van der Waals surface area contributed by atoms with Gasteiger partial charge in [0.15, 0.2) is 0 Å². The first-order valence-electron chi connectivity index (χ1n) is 5.53. The standard InChI is InChI=1S/C12H20N2O2S2/c1-9(2)11(15)14(12(16)10(3)4)6-8-18-17-7-5-13/h1,3,5-8,13H2,2,4H3. The summed E-state index contributed by atoms with van der Waals surface area (Å²) in [4.78, 5) is 24.9. The lowest BCUT2D eigenvalue weighted by atomic mass is 10.2. The summed E-state index contributed by atoms with van der Waals surface area (Å²) in [5.41, 5.74) is 6.07. The zero-order valence-electron chi connectivity index (χ0n) is 10.9. The molecular formula is C12H20N2O2S2. The summed E-state index contributed by atoms with van der Waals surface area (Å²) in [6.07, 6.45) is 0. The second-order valence-corrected chi connectivity index (χ2v) is 6.46. The predicted molar refractivity (Wildman–Crippen MR) is 80.3 cm³/mol. The monoisotopic (exact) mass is 288 g/mol. The molecule has 0 saturated heterocycles. The van der Waals surface area contributed by atoms with Gasteiger partial charge in [-0.2, -0.15) is 0 Å². The molecule has 0 bridgehead atoms. The molecule has 0 heterocycles. The first-order valence-corrected chi connectivity index (χ1v) is 8.02. The third-order valence-corrected chi connectivity index (χ3v) is 4.32. The summed E-state index contributed by atoms with van der Waals surface area (Å²) in [5, 5.41) is 0. The van der Waals surface area contributed by atoms with Crippen molar-refractivity contribution in [2.75, 3.05) is 24.6 Å². The van der Waals surface area contributed by atoms with Crippen LogP contribution in [-0.2, 0) is 9.59 Å². The molecule has 2 N–H and O–H groups in total. The van der Waals surface area contributed by atoms with Crippen molar-refractivity contribution in [3.05, 3.63) is 24.3 Å². The third-order valence-electron chi connectivity index (χ3n) is 1.90. The lowest BCUT2D eigenvalue weighted by molar-refractivity contribution is -0.139. The summed E-state index contributed by atoms with van der Waals surface area (Å²) in [6.45, 7) is 11.3. The van der Waals surface area contributed by atoms with E-state index in [1.54, 1.807) is 35.4 Å². The lowest BCUT2D eigenvalue weighted by Crippen LogP contribution is -2.39. The number of amides is 2. The van der Waals surface area contributed by atoms with E-state index in [-0.39, 0.29) is 11.8 Å². The Morgan fingerprint density at radius 2 is 1.50 bits per heavy atom. The molecule has 0 spiro atoms. The Hall–Kier alpha value is -0.720. The minimum Gasteiger partial charge on any atom is -0.330 e. The molecule has 0 atom stereocenters. The summed E-state index contributed by atoms with van der Waals surface area (Å²) in [6, 6.07) is 0. The van der Waals surface area contributed by atoms with Crippen molar-refractivity contribution in [2.45, 2.75) is 13.8 Å². The van der Waals surface area contributed by atoms with Gasteiger partial charge in [-0.3, -0.25) is 14.5 Å². The highest BCUT2D eigenvalue weighted by molar-refractivity contribution is 8.76. The Kier molecular flexibility index (Phi) is 8.87. The smallest absolute Gasteiger partial charge is 0.255 e. The molecule has 2 amide bonds. The molecule has 0 fully saturated rings. The first-order chi connectivity index (χ1) is 8.41. The number of nitrogens with two attached hydrogens (primary N) is 1. The molecule has 4 nitrogen and oxygen atoms in total. The van der Waals surface area contributed by atoms with Gasteiger partial charge in [0.1, 0.15) is 0 Å². The summed E-state index contributed by atoms with van der Waals surface area (Å²) in [7, 11) is 3.23. The third kappa shape index (κ3) is 6.28. The Morgan fingerprint density at radius 1 is 1.06 bits per heavy atom. The molecule has 102 valence electrons. The van der Waals surface area contributed by atoms with Crippen molar-refractivity contribution in [1.29, 1.82) is 0 Å². The van der Waals surface area contributed by atoms with E-state index in [2.05, 4.69) is 13.2 Å². The number of carbonyl (C=O) groups excluding carboxylic acids is 2. The van der Waals surface area contributed by atoms with Gasteiger partial charge in [-0.05, 0) is 13.8 Å². The zero-order chi connectivity index (χ0) is 14.1. The predicted octanol–water partition coefficient (Wildman–Crippen LogP) is 1.83. The van der Waals surface area contributed by atoms with E-state index in [0.717, 1.165) is 5.75 Å². The molecule has 0 aromatic carbocycles. The van der Waals surface area contributed by atoms with Crippen LogP contribution in [0.25, 0.3) is 0 Å². The largest absolute Gasteiger partial charge is 0.330 e. The highest BCUT2D eigenvalue weighted by atomic mass is 33.1. The van der Waals surface area contributed by atoms with Crippen molar-refractivity contribution in [3.63, 3.8) is 0 Å². The molecule has 0 aromatic rings. The topological polar surface area (TPSA) is 63.4 Å². The molecule has 0 aliphatic rings. The van der Waals surface area contributed by atoms with Crippen LogP contribution >= 0.6 is 21.6 Å². The maximum Gasteiger partial charge on any atom is 0.255 e. The summed E-state index contributed by atoms with van der Waals surface area (Å²) in [5.74, 6) is 0.843. The van der Waals surface area contributed by atoms with E-state index < -0.39 is 0 Å². The number of hydrogen-bond donors (Lipinski definition) is 1. The number of imide groups is 1. The highest BCUT2D eigenvalue weighted by Gasteiger charge is 2.21. The molecule has 0 aliphatic carbocycles. The van der Waals surface area contributed by atoms with Crippen LogP contribution in [0.15, 0.2) is 24.3 Å². The fourth-order valence-corrected chi connectivity index (χ4v) is 2.86. The van der Waals surface area contributed by atoms with Gasteiger partial charge in [-0.1, -0.05) is 34.7 Å². The minimum absolute atomic E-state index is 0.340. The van der Waals surface area contributed by atoms with Gasteiger partial charge in [-0.15, -0.1) is 0 Å². The molecule has 0 rings (SSSR count). The van der Waals surface area contributed by atoms with E-state index >= 15 is 0 Å². The second kappa shape index (κ2) is 9.24. The highest BCUT2D eigenvalue weighted by Crippen LogP contribution is 2.20. The van der Waals surface area contributed by atoms with E-state index in [9.17, 15) is 9.59 Å². The van der Waals surface area contributed by atoms with Crippen LogP contribution in [-0.4, -0.2) is 41.3 Å². The minimum atomic E-state index is -0.340. The molecule has 0 radical (unpaired) electrons. The maximum absolute atomic E-state index is 11.8. The molecule has 6 heteroatoms. The van der Waals surface area contributed by atoms with Gasteiger partial charge in [0, 0.05) is 35.7 Å². The summed E-state index contributed by atoms with van der Waals surface area (Å²) >= 11 is 0. The first kappa shape index (κ1) is 17.3. The molecule has 0 aliphatic heterocycles. The Bertz CT molecular complexity index is 317. The van der Waals surface area contributed by atoms with E-state index in [1.807, 2.05) is 0 Å². The average Bonchev–Trinajstić information content (AvgIpc) is 2.32. The van der Waals surface area contributed by atoms with Crippen molar-refractivity contribution >= 4 is 33.4 Å². The quantitative estimate of drug-likeness (QED) is 0.419. The Balaban J connectivity index is 4.40. The van der Waals surface area contributed by atoms with Crippen LogP contribution in [0.4, 0.5) is 0 Å². The van der Waals surface area contributed by atoms with Crippen LogP contribution in [0.3, 0.4) is 0 Å². The van der Waals surface area contributed by atoms with Crippen LogP contribution in [0.5, 0.6) is 0 Å². The summed E-state index contributed by atoms with van der Waals surface area (Å²) < 4.78 is 0. The van der Waals surface area contributed by atoms with Crippen molar-refractivity contribution < 1.29 is 9.59 Å². The SMILES string of the molecule is C=C(C)C(=O)N(CCSSCCN)C(=O)C(=C)C. The van der Waals surface area contributed by atoms with Crippen LogP contribution in [0, 0.1) is 0 Å². The van der Waals surface area contributed by atoms with Crippen molar-refractivity contribution in [3.8, 4) is 0 Å². The van der Waals surface area contributed by atoms with Gasteiger partial charge in [0.2, 0.25) is 0 Å². The van der Waals surface area contributed by atoms with Crippen molar-refractivity contribution in [1.82, 2.24) is 4.90 Å². The number of carbonyl (C=O) groups is 2. The number of rotatable bonds is 8. The molecule has 0 unspecified atom stereocenters. The van der Waals surface area contributed by atoms with Crippen molar-refractivity contribution in [2.24, 2.45) is 5.73 Å². The van der Waals surface area contributed by atoms with Gasteiger partial charge in [-0.25, -0.2) is 0 Å². The van der Waals surface area contributed by atoms with Crippen LogP contribution in [0.2, 0.25) is 0 Å². The Morgan fingerprint density at radius 3 is 1.89 bits per heavy atom. The van der Waals surface area contributed by atoms with Crippen LogP contribution in [0.1, 0.15) is 13.8 Å². The molecule has 0 saturated carbocycles. The molecular weight excluding hydrogens is 268 g/mol. The van der Waals surface area contributed by atoms with Gasteiger partial charge in [0.25, 0.3) is 11.8 Å². The second-order valence-electron chi connectivity index (χ2n) is 3.76. The fraction of sp³-hybridized carbons (Fsp3) is 0.500. The van der Waals surface area contributed by atoms with E-state index in [0.29, 0.717) is 30.0 Å². The van der Waals surface area contributed by atoms with Gasteiger partial charge < -0.3 is 5.73 Å². The van der Waals surface area contributed by atoms with Gasteiger partial charge >= 0.3 is 0 Å². The molecule has 18 heavy (non-hydrogen) atoms. The fourth-order valence-electron chi connectivity index (χ4n) is 1.05. The normalized spacial score (nSPS) is 9.94. The zero-order valence-corrected chi connectivity index (χ0v) is 12.5. The lowest BCUT2D eigenvalue weighted by Gasteiger charge is -2.20. The number of nitrogens with zero attached hydrogens (tertiary/aromatic N) is 1. The van der Waals surface area contributed by atoms with E-state index in [1.165, 1.54) is 4.90 Å². The number of hydrogen-bond acceptors (Lipinski definition) is 5. The Labute approximate surface area is 116 Å².